The Bertz CT molecular complexity index is 1350. The van der Waals surface area contributed by atoms with E-state index >= 15 is 0 Å². The maximum Gasteiger partial charge on any atom is 0.416 e. The van der Waals surface area contributed by atoms with Crippen molar-refractivity contribution in [2.75, 3.05) is 38.4 Å². The fourth-order valence-electron chi connectivity index (χ4n) is 4.85. The van der Waals surface area contributed by atoms with Crippen molar-refractivity contribution in [1.82, 2.24) is 14.9 Å². The summed E-state index contributed by atoms with van der Waals surface area (Å²) < 4.78 is 79.7. The zero-order valence-corrected chi connectivity index (χ0v) is 21.7. The molecule has 38 heavy (non-hydrogen) atoms. The van der Waals surface area contributed by atoms with Gasteiger partial charge in [0.25, 0.3) is 5.92 Å². The molecule has 1 saturated heterocycles. The highest BCUT2D eigenvalue weighted by atomic mass is 19.4. The molecule has 2 aromatic carbocycles. The third-order valence-electron chi connectivity index (χ3n) is 6.76. The lowest BCUT2D eigenvalue weighted by Gasteiger charge is -2.23. The summed E-state index contributed by atoms with van der Waals surface area (Å²) in [4.78, 5) is 10.5. The number of hydrogen-bond acceptors (Lipinski definition) is 7. The van der Waals surface area contributed by atoms with Crippen LogP contribution in [0.3, 0.4) is 0 Å². The summed E-state index contributed by atoms with van der Waals surface area (Å²) in [6, 6.07) is 4.64. The molecule has 3 aromatic rings. The topological polar surface area (TPSA) is 85.5 Å². The van der Waals surface area contributed by atoms with Gasteiger partial charge in [-0.15, -0.1) is 0 Å². The number of alkyl halides is 5. The van der Waals surface area contributed by atoms with Crippen LogP contribution in [0.1, 0.15) is 41.9 Å². The number of nitrogen functional groups attached to an aromatic ring is 1. The van der Waals surface area contributed by atoms with Crippen LogP contribution >= 0.6 is 0 Å². The summed E-state index contributed by atoms with van der Waals surface area (Å²) in [7, 11) is 3.08. The first-order valence-electron chi connectivity index (χ1n) is 12.0. The standard InChI is InChI=1S/C26H30F5N5O2/c1-13-18(6-16(32)7-20(13)26(29,30)31)14(2)33-24-19-8-23(22(37-5)9-21(19)34-15(3)35-24)38-11-17-10-25(27,28)12-36(17)4/h6-9,14,17H,10-12,32H2,1-5H3,(H,33,34,35)/t14-,17+/m1/s1. The molecule has 0 amide bonds. The van der Waals surface area contributed by atoms with E-state index in [9.17, 15) is 22.0 Å². The summed E-state index contributed by atoms with van der Waals surface area (Å²) in [5, 5.41) is 3.72. The van der Waals surface area contributed by atoms with Gasteiger partial charge in [-0.05, 0) is 57.1 Å². The van der Waals surface area contributed by atoms with Crippen molar-refractivity contribution < 1.29 is 31.4 Å². The smallest absolute Gasteiger partial charge is 0.416 e. The number of rotatable bonds is 7. The zero-order chi connectivity index (χ0) is 28.0. The van der Waals surface area contributed by atoms with E-state index in [1.165, 1.54) is 20.1 Å². The Labute approximate surface area is 217 Å². The molecular weight excluding hydrogens is 509 g/mol. The summed E-state index contributed by atoms with van der Waals surface area (Å²) in [5.74, 6) is -1.31. The molecule has 0 spiro atoms. The molecule has 7 nitrogen and oxygen atoms in total. The second-order valence-corrected chi connectivity index (χ2v) is 9.73. The SMILES string of the molecule is COc1cc2nc(C)nc(N[C@H](C)c3cc(N)cc(C(F)(F)F)c3C)c2cc1OC[C@@H]1CC(F)(F)CN1C. The summed E-state index contributed by atoms with van der Waals surface area (Å²) in [5.41, 5.74) is 5.95. The van der Waals surface area contributed by atoms with Crippen LogP contribution in [0.4, 0.5) is 33.5 Å². The van der Waals surface area contributed by atoms with Crippen molar-refractivity contribution in [3.8, 4) is 11.5 Å². The number of likely N-dealkylation sites (N-methyl/N-ethyl adjacent to an activating group) is 1. The van der Waals surface area contributed by atoms with E-state index in [4.69, 9.17) is 15.2 Å². The van der Waals surface area contributed by atoms with Crippen molar-refractivity contribution in [2.45, 2.75) is 51.4 Å². The largest absolute Gasteiger partial charge is 0.493 e. The highest BCUT2D eigenvalue weighted by Gasteiger charge is 2.43. The van der Waals surface area contributed by atoms with E-state index in [1.54, 1.807) is 37.9 Å². The molecule has 2 heterocycles. The van der Waals surface area contributed by atoms with E-state index in [-0.39, 0.29) is 30.8 Å². The number of halogens is 5. The molecular formula is C26H30F5N5O2. The monoisotopic (exact) mass is 539 g/mol. The van der Waals surface area contributed by atoms with Gasteiger partial charge >= 0.3 is 6.18 Å². The average Bonchev–Trinajstić information content (AvgIpc) is 3.08. The summed E-state index contributed by atoms with van der Waals surface area (Å²) in [6.07, 6.45) is -4.86. The van der Waals surface area contributed by atoms with E-state index in [1.807, 2.05) is 0 Å². The number of aromatic nitrogens is 2. The zero-order valence-electron chi connectivity index (χ0n) is 21.7. The normalized spacial score (nSPS) is 18.5. The maximum absolute atomic E-state index is 13.8. The van der Waals surface area contributed by atoms with Gasteiger partial charge in [0.2, 0.25) is 0 Å². The Kier molecular flexibility index (Phi) is 7.30. The number of fused-ring (bicyclic) bond motifs is 1. The Hall–Kier alpha value is -3.41. The van der Waals surface area contributed by atoms with Gasteiger partial charge in [-0.3, -0.25) is 4.90 Å². The first kappa shape index (κ1) is 27.6. The predicted octanol–water partition coefficient (Wildman–Crippen LogP) is 5.75. The Morgan fingerprint density at radius 3 is 2.47 bits per heavy atom. The van der Waals surface area contributed by atoms with Gasteiger partial charge in [0.05, 0.1) is 30.8 Å². The maximum atomic E-state index is 13.8. The highest BCUT2D eigenvalue weighted by Crippen LogP contribution is 2.39. The van der Waals surface area contributed by atoms with Crippen LogP contribution in [-0.4, -0.2) is 54.1 Å². The minimum atomic E-state index is -4.55. The van der Waals surface area contributed by atoms with Gasteiger partial charge in [-0.1, -0.05) is 0 Å². The van der Waals surface area contributed by atoms with Gasteiger partial charge in [-0.2, -0.15) is 13.2 Å². The van der Waals surface area contributed by atoms with Crippen LogP contribution < -0.4 is 20.5 Å². The van der Waals surface area contributed by atoms with Gasteiger partial charge in [0.15, 0.2) is 11.5 Å². The summed E-state index contributed by atoms with van der Waals surface area (Å²) in [6.45, 7) is 4.48. The lowest BCUT2D eigenvalue weighted by atomic mass is 9.96. The first-order valence-corrected chi connectivity index (χ1v) is 12.0. The van der Waals surface area contributed by atoms with E-state index in [2.05, 4.69) is 15.3 Å². The fourth-order valence-corrected chi connectivity index (χ4v) is 4.85. The Morgan fingerprint density at radius 1 is 1.16 bits per heavy atom. The minimum Gasteiger partial charge on any atom is -0.493 e. The summed E-state index contributed by atoms with van der Waals surface area (Å²) >= 11 is 0. The molecule has 0 unspecified atom stereocenters. The molecule has 1 aliphatic rings. The molecule has 12 heteroatoms. The molecule has 4 rings (SSSR count). The Balaban J connectivity index is 1.68. The molecule has 1 fully saturated rings. The number of nitrogens with one attached hydrogen (secondary N) is 1. The molecule has 3 N–H and O–H groups in total. The number of likely N-dealkylation sites (tertiary alicyclic amines) is 1. The van der Waals surface area contributed by atoms with Crippen molar-refractivity contribution >= 4 is 22.4 Å². The third-order valence-corrected chi connectivity index (χ3v) is 6.76. The average molecular weight is 540 g/mol. The predicted molar refractivity (Wildman–Crippen MR) is 135 cm³/mol. The number of anilines is 2. The Morgan fingerprint density at radius 2 is 1.87 bits per heavy atom. The van der Waals surface area contributed by atoms with E-state index in [0.717, 1.165) is 6.07 Å². The number of methoxy groups -OCH3 is 1. The van der Waals surface area contributed by atoms with Crippen LogP contribution in [-0.2, 0) is 6.18 Å². The molecule has 1 aromatic heterocycles. The van der Waals surface area contributed by atoms with Gasteiger partial charge in [0, 0.05) is 29.6 Å². The fraction of sp³-hybridized carbons (Fsp3) is 0.462. The second-order valence-electron chi connectivity index (χ2n) is 9.73. The van der Waals surface area contributed by atoms with Gasteiger partial charge < -0.3 is 20.5 Å². The third kappa shape index (κ3) is 5.69. The molecule has 0 bridgehead atoms. The van der Waals surface area contributed by atoms with Crippen LogP contribution in [0.5, 0.6) is 11.5 Å². The quantitative estimate of drug-likeness (QED) is 0.292. The van der Waals surface area contributed by atoms with Crippen molar-refractivity contribution in [2.24, 2.45) is 0 Å². The minimum absolute atomic E-state index is 0.00168. The van der Waals surface area contributed by atoms with Crippen LogP contribution in [0.2, 0.25) is 0 Å². The molecule has 206 valence electrons. The van der Waals surface area contributed by atoms with E-state index in [0.29, 0.717) is 39.6 Å². The number of benzene rings is 2. The van der Waals surface area contributed by atoms with Gasteiger partial charge in [0.1, 0.15) is 18.2 Å². The van der Waals surface area contributed by atoms with Gasteiger partial charge in [-0.25, -0.2) is 18.7 Å². The first-order chi connectivity index (χ1) is 17.7. The lowest BCUT2D eigenvalue weighted by molar-refractivity contribution is -0.138. The highest BCUT2D eigenvalue weighted by molar-refractivity contribution is 5.92. The second kappa shape index (κ2) is 10.0. The van der Waals surface area contributed by atoms with Crippen molar-refractivity contribution in [3.05, 3.63) is 46.8 Å². The van der Waals surface area contributed by atoms with Crippen LogP contribution in [0.25, 0.3) is 10.9 Å². The molecule has 0 aliphatic carbocycles. The molecule has 2 atom stereocenters. The molecule has 0 saturated carbocycles. The molecule has 1 aliphatic heterocycles. The lowest BCUT2D eigenvalue weighted by Crippen LogP contribution is -2.30. The van der Waals surface area contributed by atoms with E-state index < -0.39 is 29.7 Å². The number of hydrogen-bond donors (Lipinski definition) is 2. The number of nitrogens with zero attached hydrogens (tertiary/aromatic N) is 3. The van der Waals surface area contributed by atoms with Crippen molar-refractivity contribution in [1.29, 1.82) is 0 Å². The van der Waals surface area contributed by atoms with Crippen LogP contribution in [0.15, 0.2) is 24.3 Å². The number of ether oxygens (including phenoxy) is 2. The van der Waals surface area contributed by atoms with Crippen LogP contribution in [0, 0.1) is 13.8 Å². The molecule has 0 radical (unpaired) electrons. The number of nitrogens with two attached hydrogens (primary N) is 1. The number of aryl methyl sites for hydroxylation is 1. The van der Waals surface area contributed by atoms with Crippen molar-refractivity contribution in [3.63, 3.8) is 0 Å².